The molecule has 0 saturated carbocycles. The number of unbranched alkanes of at least 4 members (excludes halogenated alkanes) is 2. The highest BCUT2D eigenvalue weighted by Crippen LogP contribution is 2.24. The molecule has 2 aromatic rings. The number of benzene rings is 1. The lowest BCUT2D eigenvalue weighted by atomic mass is 10.2. The summed E-state index contributed by atoms with van der Waals surface area (Å²) in [6, 6.07) is 5.40. The molecule has 1 aromatic heterocycles. The van der Waals surface area contributed by atoms with Gasteiger partial charge in [-0.3, -0.25) is 4.79 Å². The van der Waals surface area contributed by atoms with Crippen LogP contribution in [0.5, 0.6) is 5.75 Å². The lowest BCUT2D eigenvalue weighted by molar-refractivity contribution is 0.0856. The van der Waals surface area contributed by atoms with E-state index in [1.807, 2.05) is 32.9 Å². The molecule has 0 aliphatic rings. The topological polar surface area (TPSA) is 108 Å². The van der Waals surface area contributed by atoms with Gasteiger partial charge >= 0.3 is 5.91 Å². The number of carbonyl (C=O) groups is 1. The van der Waals surface area contributed by atoms with Crippen molar-refractivity contribution in [2.24, 2.45) is 5.84 Å². The van der Waals surface area contributed by atoms with Crippen LogP contribution in [0.4, 0.5) is 0 Å². The molecule has 166 valence electrons. The molecule has 0 unspecified atom stereocenters. The van der Waals surface area contributed by atoms with Crippen LogP contribution in [0.2, 0.25) is 5.02 Å². The minimum atomic E-state index is -3.89. The van der Waals surface area contributed by atoms with Gasteiger partial charge in [0, 0.05) is 11.2 Å². The van der Waals surface area contributed by atoms with Crippen molar-refractivity contribution < 1.29 is 17.9 Å². The van der Waals surface area contributed by atoms with Crippen molar-refractivity contribution in [3.8, 4) is 5.75 Å². The molecule has 0 saturated heterocycles. The molecule has 8 nitrogen and oxygen atoms in total. The van der Waals surface area contributed by atoms with Gasteiger partial charge < -0.3 is 9.30 Å². The van der Waals surface area contributed by atoms with E-state index in [0.29, 0.717) is 34.0 Å². The molecule has 30 heavy (non-hydrogen) atoms. The SMILES string of the molecule is CCCCCS(=O)(=O)N(N)C(=O)c1cn(Cc2ccc(OC(C)C)cc2Cl)c(C)n1. The number of ether oxygens (including phenoxy) is 1. The van der Waals surface area contributed by atoms with Gasteiger partial charge in [0.1, 0.15) is 17.3 Å². The second kappa shape index (κ2) is 10.3. The Hall–Kier alpha value is -2.10. The maximum atomic E-state index is 12.6. The zero-order chi connectivity index (χ0) is 22.5. The number of amides is 1. The van der Waals surface area contributed by atoms with E-state index < -0.39 is 15.9 Å². The van der Waals surface area contributed by atoms with Crippen LogP contribution < -0.4 is 10.6 Å². The van der Waals surface area contributed by atoms with Gasteiger partial charge in [-0.2, -0.15) is 4.41 Å². The third kappa shape index (κ3) is 6.20. The van der Waals surface area contributed by atoms with Crippen LogP contribution in [0, 0.1) is 6.92 Å². The number of halogens is 1. The highest BCUT2D eigenvalue weighted by Gasteiger charge is 2.27. The minimum absolute atomic E-state index is 0.0360. The fourth-order valence-corrected chi connectivity index (χ4v) is 4.17. The zero-order valence-electron chi connectivity index (χ0n) is 17.8. The van der Waals surface area contributed by atoms with Crippen LogP contribution in [-0.2, 0) is 16.6 Å². The number of aromatic nitrogens is 2. The number of carbonyl (C=O) groups excluding carboxylic acids is 1. The van der Waals surface area contributed by atoms with Crippen molar-refractivity contribution in [3.05, 3.63) is 46.5 Å². The van der Waals surface area contributed by atoms with E-state index >= 15 is 0 Å². The Bertz CT molecular complexity index is 989. The molecule has 0 bridgehead atoms. The molecular formula is C20H29ClN4O4S. The molecule has 1 amide bonds. The first-order valence-corrected chi connectivity index (χ1v) is 11.8. The van der Waals surface area contributed by atoms with E-state index in [2.05, 4.69) is 4.98 Å². The maximum Gasteiger partial charge on any atom is 0.302 e. The highest BCUT2D eigenvalue weighted by atomic mass is 35.5. The van der Waals surface area contributed by atoms with Crippen LogP contribution in [0.15, 0.2) is 24.4 Å². The van der Waals surface area contributed by atoms with Crippen molar-refractivity contribution in [1.82, 2.24) is 14.0 Å². The number of nitrogens with two attached hydrogens (primary N) is 1. The number of hydrazine groups is 1. The molecule has 0 spiro atoms. The first-order valence-electron chi connectivity index (χ1n) is 9.86. The quantitative estimate of drug-likeness (QED) is 0.253. The summed E-state index contributed by atoms with van der Waals surface area (Å²) in [7, 11) is -3.89. The van der Waals surface area contributed by atoms with Crippen molar-refractivity contribution in [2.45, 2.75) is 59.6 Å². The summed E-state index contributed by atoms with van der Waals surface area (Å²) in [4.78, 5) is 16.7. The van der Waals surface area contributed by atoms with Gasteiger partial charge in [0.15, 0.2) is 0 Å². The predicted molar refractivity (Wildman–Crippen MR) is 117 cm³/mol. The van der Waals surface area contributed by atoms with E-state index in [0.717, 1.165) is 18.4 Å². The van der Waals surface area contributed by atoms with Crippen LogP contribution in [0.3, 0.4) is 0 Å². The largest absolute Gasteiger partial charge is 0.491 e. The van der Waals surface area contributed by atoms with Crippen LogP contribution in [0.25, 0.3) is 0 Å². The normalized spacial score (nSPS) is 11.7. The lowest BCUT2D eigenvalue weighted by Crippen LogP contribution is -2.44. The predicted octanol–water partition coefficient (Wildman–Crippen LogP) is 3.52. The Morgan fingerprint density at radius 1 is 1.33 bits per heavy atom. The van der Waals surface area contributed by atoms with Gasteiger partial charge in [-0.25, -0.2) is 19.2 Å². The van der Waals surface area contributed by atoms with Crippen molar-refractivity contribution >= 4 is 27.5 Å². The Labute approximate surface area is 183 Å². The number of rotatable bonds is 10. The number of aryl methyl sites for hydroxylation is 1. The zero-order valence-corrected chi connectivity index (χ0v) is 19.3. The Balaban J connectivity index is 2.16. The molecule has 0 atom stereocenters. The molecule has 2 rings (SSSR count). The fraction of sp³-hybridized carbons (Fsp3) is 0.500. The molecule has 0 aliphatic carbocycles. The molecule has 1 aromatic carbocycles. The van der Waals surface area contributed by atoms with Gasteiger partial charge in [-0.05, 0) is 44.9 Å². The third-order valence-corrected chi connectivity index (χ3v) is 6.36. The Morgan fingerprint density at radius 2 is 2.03 bits per heavy atom. The second-order valence-electron chi connectivity index (χ2n) is 7.35. The summed E-state index contributed by atoms with van der Waals surface area (Å²) in [6.07, 6.45) is 3.58. The van der Waals surface area contributed by atoms with Gasteiger partial charge in [-0.15, -0.1) is 0 Å². The van der Waals surface area contributed by atoms with Crippen LogP contribution >= 0.6 is 11.6 Å². The molecule has 0 aliphatic heterocycles. The standard InChI is InChI=1S/C20H29ClN4O4S/c1-5-6-7-10-30(27,28)25(22)20(26)19-13-24(15(4)23-19)12-16-8-9-17(11-18(16)21)29-14(2)3/h8-9,11,13-14H,5-7,10,12,22H2,1-4H3. The number of imidazole rings is 1. The van der Waals surface area contributed by atoms with Gasteiger partial charge in [-0.1, -0.05) is 37.4 Å². The van der Waals surface area contributed by atoms with Crippen LogP contribution in [0.1, 0.15) is 61.9 Å². The van der Waals surface area contributed by atoms with E-state index in [1.54, 1.807) is 17.6 Å². The van der Waals surface area contributed by atoms with Crippen molar-refractivity contribution in [1.29, 1.82) is 0 Å². The first kappa shape index (κ1) is 24.2. The van der Waals surface area contributed by atoms with E-state index in [4.69, 9.17) is 22.2 Å². The number of hydrogen-bond acceptors (Lipinski definition) is 6. The Kier molecular flexibility index (Phi) is 8.28. The van der Waals surface area contributed by atoms with Crippen LogP contribution in [-0.4, -0.2) is 40.1 Å². The maximum absolute atomic E-state index is 12.6. The van der Waals surface area contributed by atoms with Gasteiger partial charge in [0.05, 0.1) is 18.4 Å². The van der Waals surface area contributed by atoms with E-state index in [9.17, 15) is 13.2 Å². The van der Waals surface area contributed by atoms with Gasteiger partial charge in [0.2, 0.25) is 0 Å². The minimum Gasteiger partial charge on any atom is -0.491 e. The molecular weight excluding hydrogens is 428 g/mol. The van der Waals surface area contributed by atoms with E-state index in [-0.39, 0.29) is 17.6 Å². The molecule has 2 N–H and O–H groups in total. The second-order valence-corrected chi connectivity index (χ2v) is 9.72. The number of sulfonamides is 1. The van der Waals surface area contributed by atoms with Gasteiger partial charge in [0.25, 0.3) is 10.0 Å². The Morgan fingerprint density at radius 3 is 2.63 bits per heavy atom. The summed E-state index contributed by atoms with van der Waals surface area (Å²) in [5.74, 6) is 5.78. The molecule has 0 radical (unpaired) electrons. The lowest BCUT2D eigenvalue weighted by Gasteiger charge is -2.15. The third-order valence-electron chi connectivity index (χ3n) is 4.44. The summed E-state index contributed by atoms with van der Waals surface area (Å²) < 4.78 is 32.2. The monoisotopic (exact) mass is 456 g/mol. The molecule has 10 heteroatoms. The van der Waals surface area contributed by atoms with Crippen molar-refractivity contribution in [3.63, 3.8) is 0 Å². The summed E-state index contributed by atoms with van der Waals surface area (Å²) in [5, 5.41) is 0.521. The summed E-state index contributed by atoms with van der Waals surface area (Å²) in [6.45, 7) is 7.91. The smallest absolute Gasteiger partial charge is 0.302 e. The average Bonchev–Trinajstić information content (AvgIpc) is 3.03. The van der Waals surface area contributed by atoms with E-state index in [1.165, 1.54) is 6.20 Å². The number of nitrogens with zero attached hydrogens (tertiary/aromatic N) is 3. The fourth-order valence-electron chi connectivity index (χ4n) is 2.83. The first-order chi connectivity index (χ1) is 14.0. The highest BCUT2D eigenvalue weighted by molar-refractivity contribution is 7.89. The summed E-state index contributed by atoms with van der Waals surface area (Å²) in [5.41, 5.74) is 0.772. The molecule has 1 heterocycles. The summed E-state index contributed by atoms with van der Waals surface area (Å²) >= 11 is 6.37. The molecule has 0 fully saturated rings. The average molecular weight is 457 g/mol. The van der Waals surface area contributed by atoms with Crippen molar-refractivity contribution in [2.75, 3.05) is 5.75 Å². The number of hydrogen-bond donors (Lipinski definition) is 1.